The Kier molecular flexibility index (Phi) is 8.14. The largest absolute Gasteiger partial charge is 0.381 e. The molecule has 0 spiro atoms. The number of carbonyl (C=O) groups is 2. The molecule has 0 aromatic heterocycles. The van der Waals surface area contributed by atoms with Gasteiger partial charge >= 0.3 is 0 Å². The number of nitrogens with two attached hydrogens (primary N) is 1. The Hall–Kier alpha value is -0.850. The lowest BCUT2D eigenvalue weighted by atomic mass is 9.90. The van der Waals surface area contributed by atoms with Crippen LogP contribution in [0.4, 0.5) is 0 Å². The van der Waals surface area contributed by atoms with Crippen molar-refractivity contribution in [2.45, 2.75) is 50.5 Å². The monoisotopic (exact) mass is 333 g/mol. The smallest absolute Gasteiger partial charge is 0.240 e. The summed E-state index contributed by atoms with van der Waals surface area (Å²) in [5, 5.41) is 5.67. The zero-order valence-corrected chi connectivity index (χ0v) is 13.9. The van der Waals surface area contributed by atoms with Crippen molar-refractivity contribution in [3.05, 3.63) is 0 Å². The molecule has 0 unspecified atom stereocenters. The summed E-state index contributed by atoms with van der Waals surface area (Å²) in [7, 11) is 0. The maximum absolute atomic E-state index is 12.0. The van der Waals surface area contributed by atoms with Crippen LogP contribution in [0.2, 0.25) is 0 Å². The van der Waals surface area contributed by atoms with Gasteiger partial charge in [0.25, 0.3) is 0 Å². The van der Waals surface area contributed by atoms with E-state index in [9.17, 15) is 9.59 Å². The standard InChI is InChI=1S/C15H27N3O3.ClH/c16-15(5-9-21-10-6-15)14(20)18-8-7-17-13(19)11-12-3-1-2-4-12;/h12H,1-11,16H2,(H,17,19)(H,18,20);1H. The fraction of sp³-hybridized carbons (Fsp3) is 0.867. The first kappa shape index (κ1) is 19.2. The van der Waals surface area contributed by atoms with Crippen molar-refractivity contribution in [1.82, 2.24) is 10.6 Å². The van der Waals surface area contributed by atoms with Crippen molar-refractivity contribution in [3.8, 4) is 0 Å². The molecule has 2 amide bonds. The second kappa shape index (κ2) is 9.33. The van der Waals surface area contributed by atoms with Crippen molar-refractivity contribution in [1.29, 1.82) is 0 Å². The van der Waals surface area contributed by atoms with Crippen LogP contribution in [0.5, 0.6) is 0 Å². The molecule has 1 heterocycles. The van der Waals surface area contributed by atoms with E-state index in [4.69, 9.17) is 10.5 Å². The summed E-state index contributed by atoms with van der Waals surface area (Å²) in [5.74, 6) is 0.495. The normalized spacial score (nSPS) is 21.0. The van der Waals surface area contributed by atoms with Gasteiger partial charge in [0.2, 0.25) is 11.8 Å². The summed E-state index contributed by atoms with van der Waals surface area (Å²) in [6, 6.07) is 0. The van der Waals surface area contributed by atoms with Gasteiger partial charge < -0.3 is 21.1 Å². The number of halogens is 1. The van der Waals surface area contributed by atoms with E-state index in [1.807, 2.05) is 0 Å². The molecule has 2 rings (SSSR count). The minimum atomic E-state index is -0.813. The quantitative estimate of drug-likeness (QED) is 0.625. The molecule has 2 aliphatic rings. The molecule has 6 nitrogen and oxygen atoms in total. The van der Waals surface area contributed by atoms with Crippen LogP contribution in [0.1, 0.15) is 44.9 Å². The van der Waals surface area contributed by atoms with Crippen molar-refractivity contribution in [2.24, 2.45) is 11.7 Å². The van der Waals surface area contributed by atoms with Crippen LogP contribution >= 0.6 is 12.4 Å². The maximum Gasteiger partial charge on any atom is 0.240 e. The first-order valence-corrected chi connectivity index (χ1v) is 8.02. The molecule has 4 N–H and O–H groups in total. The third kappa shape index (κ3) is 5.74. The molecule has 7 heteroatoms. The number of rotatable bonds is 6. The van der Waals surface area contributed by atoms with E-state index in [0.29, 0.717) is 51.5 Å². The van der Waals surface area contributed by atoms with Crippen LogP contribution in [-0.2, 0) is 14.3 Å². The van der Waals surface area contributed by atoms with Crippen molar-refractivity contribution in [3.63, 3.8) is 0 Å². The van der Waals surface area contributed by atoms with Gasteiger partial charge in [0, 0.05) is 32.7 Å². The lowest BCUT2D eigenvalue weighted by Crippen LogP contribution is -2.57. The van der Waals surface area contributed by atoms with E-state index < -0.39 is 5.54 Å². The molecule has 0 atom stereocenters. The van der Waals surface area contributed by atoms with Gasteiger partial charge in [-0.05, 0) is 31.6 Å². The molecule has 1 saturated heterocycles. The SMILES string of the molecule is Cl.NC1(C(=O)NCCNC(=O)CC2CCCC2)CCOCC1. The van der Waals surface area contributed by atoms with Crippen LogP contribution in [-0.4, -0.2) is 43.7 Å². The van der Waals surface area contributed by atoms with Gasteiger partial charge in [0.15, 0.2) is 0 Å². The van der Waals surface area contributed by atoms with Crippen LogP contribution in [0.3, 0.4) is 0 Å². The lowest BCUT2D eigenvalue weighted by Gasteiger charge is -2.31. The Morgan fingerprint density at radius 1 is 1.09 bits per heavy atom. The molecule has 2 fully saturated rings. The summed E-state index contributed by atoms with van der Waals surface area (Å²) in [6.45, 7) is 1.95. The van der Waals surface area contributed by atoms with Gasteiger partial charge in [-0.1, -0.05) is 12.8 Å². The average molecular weight is 334 g/mol. The molecule has 0 bridgehead atoms. The van der Waals surface area contributed by atoms with E-state index in [1.54, 1.807) is 0 Å². The Labute approximate surface area is 138 Å². The number of carbonyl (C=O) groups excluding carboxylic acids is 2. The minimum Gasteiger partial charge on any atom is -0.381 e. The lowest BCUT2D eigenvalue weighted by molar-refractivity contribution is -0.130. The molecule has 1 aliphatic heterocycles. The van der Waals surface area contributed by atoms with E-state index in [-0.39, 0.29) is 24.2 Å². The zero-order valence-electron chi connectivity index (χ0n) is 13.1. The summed E-state index contributed by atoms with van der Waals surface area (Å²) in [6.07, 6.45) is 6.54. The van der Waals surface area contributed by atoms with Gasteiger partial charge in [-0.25, -0.2) is 0 Å². The second-order valence-electron chi connectivity index (χ2n) is 6.23. The number of ether oxygens (including phenoxy) is 1. The van der Waals surface area contributed by atoms with E-state index in [2.05, 4.69) is 10.6 Å². The summed E-state index contributed by atoms with van der Waals surface area (Å²) in [5.41, 5.74) is 5.26. The van der Waals surface area contributed by atoms with Gasteiger partial charge in [-0.15, -0.1) is 12.4 Å². The topological polar surface area (TPSA) is 93.5 Å². The minimum absolute atomic E-state index is 0. The van der Waals surface area contributed by atoms with Crippen molar-refractivity contribution < 1.29 is 14.3 Å². The second-order valence-corrected chi connectivity index (χ2v) is 6.23. The average Bonchev–Trinajstić information content (AvgIpc) is 2.97. The third-order valence-electron chi connectivity index (χ3n) is 4.52. The van der Waals surface area contributed by atoms with Crippen LogP contribution in [0, 0.1) is 5.92 Å². The van der Waals surface area contributed by atoms with E-state index in [0.717, 1.165) is 0 Å². The highest BCUT2D eigenvalue weighted by Gasteiger charge is 2.35. The van der Waals surface area contributed by atoms with Gasteiger partial charge in [-0.2, -0.15) is 0 Å². The van der Waals surface area contributed by atoms with Gasteiger partial charge in [0.1, 0.15) is 0 Å². The van der Waals surface area contributed by atoms with Crippen LogP contribution < -0.4 is 16.4 Å². The Morgan fingerprint density at radius 3 is 2.32 bits per heavy atom. The van der Waals surface area contributed by atoms with Gasteiger partial charge in [0.05, 0.1) is 5.54 Å². The highest BCUT2D eigenvalue weighted by atomic mass is 35.5. The van der Waals surface area contributed by atoms with Crippen LogP contribution in [0.25, 0.3) is 0 Å². The number of amides is 2. The summed E-state index contributed by atoms with van der Waals surface area (Å²) < 4.78 is 5.22. The molecule has 0 radical (unpaired) electrons. The van der Waals surface area contributed by atoms with Crippen molar-refractivity contribution in [2.75, 3.05) is 26.3 Å². The molecular formula is C15H28ClN3O3. The molecule has 128 valence electrons. The fourth-order valence-electron chi connectivity index (χ4n) is 3.07. The van der Waals surface area contributed by atoms with E-state index in [1.165, 1.54) is 25.7 Å². The predicted octanol–water partition coefficient (Wildman–Crippen LogP) is 0.729. The Bertz CT molecular complexity index is 367. The summed E-state index contributed by atoms with van der Waals surface area (Å²) in [4.78, 5) is 23.8. The molecular weight excluding hydrogens is 306 g/mol. The number of nitrogens with one attached hydrogen (secondary N) is 2. The number of hydrogen-bond donors (Lipinski definition) is 3. The maximum atomic E-state index is 12.0. The summed E-state index contributed by atoms with van der Waals surface area (Å²) >= 11 is 0. The highest BCUT2D eigenvalue weighted by Crippen LogP contribution is 2.27. The Balaban J connectivity index is 0.00000242. The first-order chi connectivity index (χ1) is 10.1. The van der Waals surface area contributed by atoms with Gasteiger partial charge in [-0.3, -0.25) is 9.59 Å². The molecule has 1 aliphatic carbocycles. The van der Waals surface area contributed by atoms with E-state index >= 15 is 0 Å². The first-order valence-electron chi connectivity index (χ1n) is 8.02. The fourth-order valence-corrected chi connectivity index (χ4v) is 3.07. The Morgan fingerprint density at radius 2 is 1.68 bits per heavy atom. The molecule has 1 saturated carbocycles. The molecule has 0 aromatic rings. The zero-order chi connectivity index (χ0) is 15.1. The highest BCUT2D eigenvalue weighted by molar-refractivity contribution is 5.86. The predicted molar refractivity (Wildman–Crippen MR) is 86.8 cm³/mol. The third-order valence-corrected chi connectivity index (χ3v) is 4.52. The molecule has 0 aromatic carbocycles. The van der Waals surface area contributed by atoms with Crippen molar-refractivity contribution >= 4 is 24.2 Å². The number of hydrogen-bond acceptors (Lipinski definition) is 4. The van der Waals surface area contributed by atoms with Crippen LogP contribution in [0.15, 0.2) is 0 Å². The molecule has 22 heavy (non-hydrogen) atoms.